The number of amides is 2. The van der Waals surface area contributed by atoms with Gasteiger partial charge in [-0.2, -0.15) is 5.21 Å². The monoisotopic (exact) mass is 527 g/mol. The summed E-state index contributed by atoms with van der Waals surface area (Å²) in [6.07, 6.45) is 0.437. The van der Waals surface area contributed by atoms with E-state index >= 15 is 0 Å². The molecule has 0 radical (unpaired) electrons. The van der Waals surface area contributed by atoms with E-state index in [4.69, 9.17) is 5.21 Å². The van der Waals surface area contributed by atoms with Crippen molar-refractivity contribution in [3.05, 3.63) is 90.0 Å². The average molecular weight is 528 g/mol. The first kappa shape index (κ1) is 27.6. The zero-order valence-electron chi connectivity index (χ0n) is 22.0. The molecule has 4 aromatic rings. The predicted molar refractivity (Wildman–Crippen MR) is 147 cm³/mol. The maximum Gasteiger partial charge on any atom is 0.245 e. The molecule has 10 heteroatoms. The molecule has 5 N–H and O–H groups in total. The minimum absolute atomic E-state index is 0.00940. The van der Waals surface area contributed by atoms with Crippen molar-refractivity contribution >= 4 is 11.8 Å². The molecule has 0 saturated carbocycles. The van der Waals surface area contributed by atoms with Gasteiger partial charge in [-0.05, 0) is 39.8 Å². The number of H-pyrrole nitrogens is 1. The van der Waals surface area contributed by atoms with Crippen molar-refractivity contribution in [1.82, 2.24) is 36.7 Å². The van der Waals surface area contributed by atoms with Crippen molar-refractivity contribution in [1.29, 1.82) is 0 Å². The lowest BCUT2D eigenvalue weighted by atomic mass is 9.97. The summed E-state index contributed by atoms with van der Waals surface area (Å²) in [5.74, 6) is -0.201. The van der Waals surface area contributed by atoms with Gasteiger partial charge >= 0.3 is 0 Å². The number of rotatable bonds is 12. The first-order valence-electron chi connectivity index (χ1n) is 12.9. The standard InChI is InChI=1S/C29H33N7O3/c1-19(2)27(29(38)31-23(17-26(37)34-39)16-20-8-4-3-5-9-20)30-18-21-12-14-22(15-13-21)24-10-6-7-11-25(24)28-32-35-36-33-28/h3-15,19,23,27,30,39H,16-18H2,1-2H3,(H,31,38)(H,34,37)(H,32,33,35,36)/t23?,27-/m0/s1. The first-order valence-corrected chi connectivity index (χ1v) is 12.9. The van der Waals surface area contributed by atoms with Crippen molar-refractivity contribution in [2.24, 2.45) is 5.92 Å². The number of benzene rings is 3. The zero-order chi connectivity index (χ0) is 27.6. The molecule has 39 heavy (non-hydrogen) atoms. The van der Waals surface area contributed by atoms with Gasteiger partial charge in [0.25, 0.3) is 0 Å². The third kappa shape index (κ3) is 7.56. The summed E-state index contributed by atoms with van der Waals surface area (Å²) in [5.41, 5.74) is 6.57. The number of hydrogen-bond donors (Lipinski definition) is 5. The molecule has 0 spiro atoms. The van der Waals surface area contributed by atoms with Gasteiger partial charge in [0.05, 0.1) is 6.04 Å². The summed E-state index contributed by atoms with van der Waals surface area (Å²) in [7, 11) is 0. The van der Waals surface area contributed by atoms with Crippen LogP contribution in [0, 0.1) is 5.92 Å². The number of nitrogens with zero attached hydrogens (tertiary/aromatic N) is 3. The molecule has 202 valence electrons. The smallest absolute Gasteiger partial charge is 0.245 e. The van der Waals surface area contributed by atoms with Crippen LogP contribution in [-0.4, -0.2) is 49.7 Å². The van der Waals surface area contributed by atoms with Gasteiger partial charge in [0, 0.05) is 24.6 Å². The van der Waals surface area contributed by atoms with Crippen LogP contribution in [0.15, 0.2) is 78.9 Å². The van der Waals surface area contributed by atoms with E-state index in [0.717, 1.165) is 27.8 Å². The molecular formula is C29H33N7O3. The number of aromatic nitrogens is 4. The van der Waals surface area contributed by atoms with E-state index in [0.29, 0.717) is 18.8 Å². The lowest BCUT2D eigenvalue weighted by molar-refractivity contribution is -0.130. The summed E-state index contributed by atoms with van der Waals surface area (Å²) >= 11 is 0. The van der Waals surface area contributed by atoms with E-state index in [1.807, 2.05) is 92.7 Å². The van der Waals surface area contributed by atoms with Gasteiger partial charge < -0.3 is 10.6 Å². The maximum atomic E-state index is 13.3. The second kappa shape index (κ2) is 13.4. The van der Waals surface area contributed by atoms with Crippen LogP contribution in [0.25, 0.3) is 22.5 Å². The second-order valence-electron chi connectivity index (χ2n) is 9.71. The zero-order valence-corrected chi connectivity index (χ0v) is 22.0. The highest BCUT2D eigenvalue weighted by atomic mass is 16.5. The molecule has 0 aliphatic rings. The summed E-state index contributed by atoms with van der Waals surface area (Å²) in [6.45, 7) is 4.44. The SMILES string of the molecule is CC(C)[C@H](NCc1ccc(-c2ccccc2-c2nn[nH]n2)cc1)C(=O)NC(CC(=O)NO)Cc1ccccc1. The molecule has 0 aliphatic carbocycles. The molecule has 1 aromatic heterocycles. The Balaban J connectivity index is 1.42. The van der Waals surface area contributed by atoms with E-state index in [1.54, 1.807) is 5.48 Å². The Morgan fingerprint density at radius 1 is 0.897 bits per heavy atom. The van der Waals surface area contributed by atoms with Crippen LogP contribution in [0.5, 0.6) is 0 Å². The van der Waals surface area contributed by atoms with Gasteiger partial charge in [-0.3, -0.25) is 14.8 Å². The second-order valence-corrected chi connectivity index (χ2v) is 9.71. The lowest BCUT2D eigenvalue weighted by Crippen LogP contribution is -2.51. The van der Waals surface area contributed by atoms with Gasteiger partial charge in [-0.1, -0.05) is 92.7 Å². The van der Waals surface area contributed by atoms with Gasteiger partial charge in [0.15, 0.2) is 0 Å². The number of carbonyl (C=O) groups excluding carboxylic acids is 2. The molecule has 2 amide bonds. The molecule has 2 atom stereocenters. The highest BCUT2D eigenvalue weighted by Gasteiger charge is 2.25. The Labute approximate surface area is 227 Å². The summed E-state index contributed by atoms with van der Waals surface area (Å²) in [4.78, 5) is 25.2. The highest BCUT2D eigenvalue weighted by molar-refractivity contribution is 5.83. The van der Waals surface area contributed by atoms with Crippen LogP contribution in [0.3, 0.4) is 0 Å². The van der Waals surface area contributed by atoms with Gasteiger partial charge in [0.2, 0.25) is 17.6 Å². The Morgan fingerprint density at radius 3 is 2.23 bits per heavy atom. The number of hydrogen-bond acceptors (Lipinski definition) is 7. The quantitative estimate of drug-likeness (QED) is 0.140. The third-order valence-corrected chi connectivity index (χ3v) is 6.48. The fraction of sp³-hybridized carbons (Fsp3) is 0.276. The number of aromatic amines is 1. The van der Waals surface area contributed by atoms with E-state index in [1.165, 1.54) is 0 Å². The van der Waals surface area contributed by atoms with Gasteiger partial charge in [-0.15, -0.1) is 10.2 Å². The molecule has 0 fully saturated rings. The molecule has 1 heterocycles. The normalized spacial score (nSPS) is 12.6. The largest absolute Gasteiger partial charge is 0.351 e. The number of carbonyl (C=O) groups is 2. The number of hydroxylamine groups is 1. The fourth-order valence-electron chi connectivity index (χ4n) is 4.50. The molecule has 0 saturated heterocycles. The Hall–Kier alpha value is -4.41. The van der Waals surface area contributed by atoms with E-state index in [9.17, 15) is 9.59 Å². The van der Waals surface area contributed by atoms with Crippen molar-refractivity contribution in [3.8, 4) is 22.5 Å². The van der Waals surface area contributed by atoms with Crippen LogP contribution in [0.2, 0.25) is 0 Å². The molecule has 10 nitrogen and oxygen atoms in total. The van der Waals surface area contributed by atoms with Crippen LogP contribution in [0.1, 0.15) is 31.4 Å². The molecule has 3 aromatic carbocycles. The van der Waals surface area contributed by atoms with Crippen LogP contribution < -0.4 is 16.1 Å². The molecular weight excluding hydrogens is 494 g/mol. The summed E-state index contributed by atoms with van der Waals surface area (Å²) < 4.78 is 0. The molecule has 1 unspecified atom stereocenters. The van der Waals surface area contributed by atoms with E-state index < -0.39 is 18.0 Å². The van der Waals surface area contributed by atoms with E-state index in [2.05, 4.69) is 31.3 Å². The van der Waals surface area contributed by atoms with Gasteiger partial charge in [-0.25, -0.2) is 5.48 Å². The van der Waals surface area contributed by atoms with Crippen LogP contribution >= 0.6 is 0 Å². The van der Waals surface area contributed by atoms with Crippen molar-refractivity contribution in [2.75, 3.05) is 0 Å². The Kier molecular flexibility index (Phi) is 9.49. The predicted octanol–water partition coefficient (Wildman–Crippen LogP) is 3.27. The highest BCUT2D eigenvalue weighted by Crippen LogP contribution is 2.29. The number of tetrazole rings is 1. The van der Waals surface area contributed by atoms with Gasteiger partial charge in [0.1, 0.15) is 0 Å². The molecule has 4 rings (SSSR count). The van der Waals surface area contributed by atoms with E-state index in [-0.39, 0.29) is 18.2 Å². The van der Waals surface area contributed by atoms with Crippen LogP contribution in [-0.2, 0) is 22.6 Å². The minimum Gasteiger partial charge on any atom is -0.351 e. The molecule has 0 aliphatic heterocycles. The third-order valence-electron chi connectivity index (χ3n) is 6.48. The van der Waals surface area contributed by atoms with Crippen molar-refractivity contribution < 1.29 is 14.8 Å². The molecule has 0 bridgehead atoms. The fourth-order valence-corrected chi connectivity index (χ4v) is 4.50. The lowest BCUT2D eigenvalue weighted by Gasteiger charge is -2.25. The summed E-state index contributed by atoms with van der Waals surface area (Å²) in [5, 5.41) is 29.8. The minimum atomic E-state index is -0.550. The van der Waals surface area contributed by atoms with Crippen LogP contribution in [0.4, 0.5) is 0 Å². The Bertz CT molecular complexity index is 1340. The van der Waals surface area contributed by atoms with Crippen molar-refractivity contribution in [2.45, 2.75) is 45.3 Å². The number of nitrogens with one attached hydrogen (secondary N) is 4. The van der Waals surface area contributed by atoms with Crippen molar-refractivity contribution in [3.63, 3.8) is 0 Å². The maximum absolute atomic E-state index is 13.3. The first-order chi connectivity index (χ1) is 18.9. The Morgan fingerprint density at radius 2 is 1.59 bits per heavy atom. The summed E-state index contributed by atoms with van der Waals surface area (Å²) in [6, 6.07) is 24.7. The topological polar surface area (TPSA) is 145 Å². The average Bonchev–Trinajstić information content (AvgIpc) is 3.49.